The van der Waals surface area contributed by atoms with Gasteiger partial charge in [-0.25, -0.2) is 0 Å². The topological polar surface area (TPSA) is 50.7 Å². The molecule has 19 heavy (non-hydrogen) atoms. The summed E-state index contributed by atoms with van der Waals surface area (Å²) in [7, 11) is 1.89. The molecule has 0 spiro atoms. The summed E-state index contributed by atoms with van der Waals surface area (Å²) < 4.78 is 11.4. The van der Waals surface area contributed by atoms with Gasteiger partial charge in [0.1, 0.15) is 6.61 Å². The number of para-hydroxylation sites is 1. The van der Waals surface area contributed by atoms with Crippen LogP contribution in [0.15, 0.2) is 18.2 Å². The molecule has 0 aliphatic carbocycles. The molecule has 0 fully saturated rings. The van der Waals surface area contributed by atoms with Crippen molar-refractivity contribution in [2.75, 3.05) is 20.3 Å². The minimum Gasteiger partial charge on any atom is -0.490 e. The Kier molecular flexibility index (Phi) is 6.12. The minimum atomic E-state index is -0.823. The number of benzene rings is 1. The Bertz CT molecular complexity index is 367. The third-order valence-electron chi connectivity index (χ3n) is 3.02. The van der Waals surface area contributed by atoms with Crippen molar-refractivity contribution in [1.29, 1.82) is 0 Å². The van der Waals surface area contributed by atoms with Gasteiger partial charge in [-0.2, -0.15) is 0 Å². The van der Waals surface area contributed by atoms with Gasteiger partial charge >= 0.3 is 0 Å². The van der Waals surface area contributed by atoms with Crippen LogP contribution in [-0.4, -0.2) is 31.0 Å². The van der Waals surface area contributed by atoms with Crippen molar-refractivity contribution in [3.63, 3.8) is 0 Å². The molecule has 1 aromatic carbocycles. The van der Waals surface area contributed by atoms with E-state index in [1.165, 1.54) is 0 Å². The molecule has 4 heteroatoms. The average molecular weight is 267 g/mol. The first-order valence-corrected chi connectivity index (χ1v) is 6.78. The molecule has 1 atom stereocenters. The first-order valence-electron chi connectivity index (χ1n) is 6.78. The lowest BCUT2D eigenvalue weighted by Crippen LogP contribution is -2.31. The lowest BCUT2D eigenvalue weighted by atomic mass is 10.1. The average Bonchev–Trinajstić information content (AvgIpc) is 2.39. The highest BCUT2D eigenvalue weighted by Crippen LogP contribution is 2.32. The van der Waals surface area contributed by atoms with Crippen LogP contribution in [0.5, 0.6) is 11.5 Å². The highest BCUT2D eigenvalue weighted by atomic mass is 16.5. The number of ether oxygens (including phenoxy) is 2. The molecule has 0 bridgehead atoms. The maximum Gasteiger partial charge on any atom is 0.165 e. The maximum atomic E-state index is 10.0. The van der Waals surface area contributed by atoms with Crippen LogP contribution >= 0.6 is 0 Å². The lowest BCUT2D eigenvalue weighted by Gasteiger charge is -2.23. The van der Waals surface area contributed by atoms with E-state index < -0.39 is 5.60 Å². The van der Waals surface area contributed by atoms with Gasteiger partial charge in [-0.15, -0.1) is 0 Å². The Morgan fingerprint density at radius 3 is 2.58 bits per heavy atom. The number of nitrogens with one attached hydrogen (secondary N) is 1. The van der Waals surface area contributed by atoms with Crippen LogP contribution in [0.25, 0.3) is 0 Å². The van der Waals surface area contributed by atoms with Crippen LogP contribution in [0, 0.1) is 0 Å². The molecule has 0 aromatic heterocycles. The predicted molar refractivity (Wildman–Crippen MR) is 76.8 cm³/mol. The van der Waals surface area contributed by atoms with E-state index in [1.807, 2.05) is 39.1 Å². The smallest absolute Gasteiger partial charge is 0.165 e. The fourth-order valence-electron chi connectivity index (χ4n) is 1.65. The molecular formula is C15H25NO3. The summed E-state index contributed by atoms with van der Waals surface area (Å²) in [5.41, 5.74) is 0.205. The van der Waals surface area contributed by atoms with Gasteiger partial charge in [0.15, 0.2) is 11.5 Å². The fourth-order valence-corrected chi connectivity index (χ4v) is 1.65. The van der Waals surface area contributed by atoms with Crippen molar-refractivity contribution in [2.24, 2.45) is 0 Å². The summed E-state index contributed by atoms with van der Waals surface area (Å²) in [6, 6.07) is 5.83. The van der Waals surface area contributed by atoms with E-state index in [2.05, 4.69) is 5.32 Å². The minimum absolute atomic E-state index is 0.254. The molecule has 108 valence electrons. The number of rotatable bonds is 8. The van der Waals surface area contributed by atoms with Crippen LogP contribution < -0.4 is 14.8 Å². The van der Waals surface area contributed by atoms with Gasteiger partial charge in [0, 0.05) is 12.1 Å². The molecule has 0 heterocycles. The van der Waals surface area contributed by atoms with Crippen molar-refractivity contribution < 1.29 is 14.6 Å². The molecule has 1 aromatic rings. The molecule has 1 unspecified atom stereocenters. The molecule has 4 nitrogen and oxygen atoms in total. The fraction of sp³-hybridized carbons (Fsp3) is 0.600. The summed E-state index contributed by atoms with van der Waals surface area (Å²) >= 11 is 0. The van der Waals surface area contributed by atoms with Gasteiger partial charge in [-0.3, -0.25) is 0 Å². The molecule has 0 saturated heterocycles. The molecule has 0 aliphatic rings. The Labute approximate surface area is 115 Å². The van der Waals surface area contributed by atoms with Crippen molar-refractivity contribution in [3.8, 4) is 11.5 Å². The molecule has 1 rings (SSSR count). The lowest BCUT2D eigenvalue weighted by molar-refractivity contribution is 0.00730. The second kappa shape index (κ2) is 7.36. The van der Waals surface area contributed by atoms with Gasteiger partial charge < -0.3 is 19.9 Å². The summed E-state index contributed by atoms with van der Waals surface area (Å²) in [5, 5.41) is 13.2. The Morgan fingerprint density at radius 1 is 1.26 bits per heavy atom. The Morgan fingerprint density at radius 2 is 2.00 bits per heavy atom. The monoisotopic (exact) mass is 267 g/mol. The molecule has 0 aliphatic heterocycles. The van der Waals surface area contributed by atoms with E-state index in [0.717, 1.165) is 11.3 Å². The van der Waals surface area contributed by atoms with E-state index >= 15 is 0 Å². The molecule has 2 N–H and O–H groups in total. The summed E-state index contributed by atoms with van der Waals surface area (Å²) in [6.45, 7) is 7.19. The quantitative estimate of drug-likeness (QED) is 0.759. The van der Waals surface area contributed by atoms with Crippen molar-refractivity contribution in [1.82, 2.24) is 5.32 Å². The SMILES string of the molecule is CCOc1cccc(CNC)c1OCC(C)(O)CC. The van der Waals surface area contributed by atoms with Crippen LogP contribution in [0.4, 0.5) is 0 Å². The molecule has 0 amide bonds. The highest BCUT2D eigenvalue weighted by Gasteiger charge is 2.20. The first kappa shape index (κ1) is 15.8. The molecular weight excluding hydrogens is 242 g/mol. The van der Waals surface area contributed by atoms with Gasteiger partial charge in [-0.05, 0) is 33.4 Å². The van der Waals surface area contributed by atoms with Crippen molar-refractivity contribution >= 4 is 0 Å². The van der Waals surface area contributed by atoms with Crippen molar-refractivity contribution in [3.05, 3.63) is 23.8 Å². The zero-order valence-corrected chi connectivity index (χ0v) is 12.3. The largest absolute Gasteiger partial charge is 0.490 e. The van der Waals surface area contributed by atoms with Gasteiger partial charge in [0.05, 0.1) is 12.2 Å². The zero-order valence-electron chi connectivity index (χ0n) is 12.3. The van der Waals surface area contributed by atoms with Gasteiger partial charge in [0.25, 0.3) is 0 Å². The van der Waals surface area contributed by atoms with Gasteiger partial charge in [-0.1, -0.05) is 19.1 Å². The molecule has 0 radical (unpaired) electrons. The number of aliphatic hydroxyl groups is 1. The second-order valence-electron chi connectivity index (χ2n) is 4.85. The third kappa shape index (κ3) is 4.73. The molecule has 0 saturated carbocycles. The third-order valence-corrected chi connectivity index (χ3v) is 3.02. The van der Waals surface area contributed by atoms with Crippen LogP contribution in [-0.2, 0) is 6.54 Å². The van der Waals surface area contributed by atoms with E-state index in [9.17, 15) is 5.11 Å². The van der Waals surface area contributed by atoms with Crippen LogP contribution in [0.3, 0.4) is 0 Å². The summed E-state index contributed by atoms with van der Waals surface area (Å²) in [4.78, 5) is 0. The summed E-state index contributed by atoms with van der Waals surface area (Å²) in [5.74, 6) is 1.44. The second-order valence-corrected chi connectivity index (χ2v) is 4.85. The van der Waals surface area contributed by atoms with E-state index in [0.29, 0.717) is 25.3 Å². The number of hydrogen-bond donors (Lipinski definition) is 2. The zero-order chi connectivity index (χ0) is 14.3. The predicted octanol–water partition coefficient (Wildman–Crippen LogP) is 2.34. The summed E-state index contributed by atoms with van der Waals surface area (Å²) in [6.07, 6.45) is 0.644. The normalized spacial score (nSPS) is 13.9. The Hall–Kier alpha value is -1.26. The van der Waals surface area contributed by atoms with Gasteiger partial charge in [0.2, 0.25) is 0 Å². The standard InChI is InChI=1S/C15H25NO3/c1-5-15(3,17)11-19-14-12(10-16-4)8-7-9-13(14)18-6-2/h7-9,16-17H,5-6,10-11H2,1-4H3. The number of hydrogen-bond acceptors (Lipinski definition) is 4. The van der Waals surface area contributed by atoms with E-state index in [-0.39, 0.29) is 6.61 Å². The van der Waals surface area contributed by atoms with Crippen LogP contribution in [0.1, 0.15) is 32.8 Å². The first-order chi connectivity index (χ1) is 9.04. The highest BCUT2D eigenvalue weighted by molar-refractivity contribution is 5.46. The Balaban J connectivity index is 2.93. The van der Waals surface area contributed by atoms with E-state index in [1.54, 1.807) is 6.92 Å². The van der Waals surface area contributed by atoms with Crippen LogP contribution in [0.2, 0.25) is 0 Å². The van der Waals surface area contributed by atoms with Crippen molar-refractivity contribution in [2.45, 2.75) is 39.3 Å². The van der Waals surface area contributed by atoms with E-state index in [4.69, 9.17) is 9.47 Å². The maximum absolute atomic E-state index is 10.0.